The molecule has 5 heteroatoms. The van der Waals surface area contributed by atoms with Gasteiger partial charge in [0.15, 0.2) is 0 Å². The summed E-state index contributed by atoms with van der Waals surface area (Å²) in [6.07, 6.45) is 0.746. The molecule has 1 aromatic carbocycles. The van der Waals surface area contributed by atoms with E-state index in [1.54, 1.807) is 0 Å². The van der Waals surface area contributed by atoms with Crippen molar-refractivity contribution in [3.8, 4) is 11.5 Å². The van der Waals surface area contributed by atoms with Crippen LogP contribution in [-0.4, -0.2) is 32.0 Å². The van der Waals surface area contributed by atoms with E-state index in [0.717, 1.165) is 17.9 Å². The lowest BCUT2D eigenvalue weighted by molar-refractivity contribution is 0.125. The molecule has 0 fully saturated rings. The van der Waals surface area contributed by atoms with Crippen molar-refractivity contribution in [1.29, 1.82) is 0 Å². The molecule has 1 N–H and O–H groups in total. The maximum Gasteiger partial charge on any atom is 0.407 e. The van der Waals surface area contributed by atoms with Crippen LogP contribution in [-0.2, 0) is 4.74 Å². The molecule has 0 aliphatic carbocycles. The maximum atomic E-state index is 11.0. The third kappa shape index (κ3) is 6.31. The summed E-state index contributed by atoms with van der Waals surface area (Å²) in [5, 5.41) is 2.54. The molecule has 5 nitrogen and oxygen atoms in total. The highest BCUT2D eigenvalue weighted by atomic mass is 16.6. The first-order valence-corrected chi connectivity index (χ1v) is 6.95. The first-order chi connectivity index (χ1) is 9.65. The fraction of sp³-hybridized carbons (Fsp3) is 0.533. The van der Waals surface area contributed by atoms with Crippen molar-refractivity contribution in [2.75, 3.05) is 19.8 Å². The Bertz CT molecular complexity index is 391. The molecule has 1 rings (SSSR count). The monoisotopic (exact) mass is 281 g/mol. The lowest BCUT2D eigenvalue weighted by atomic mass is 10.3. The van der Waals surface area contributed by atoms with E-state index in [-0.39, 0.29) is 12.7 Å². The van der Waals surface area contributed by atoms with Gasteiger partial charge in [-0.25, -0.2) is 4.79 Å². The number of benzene rings is 1. The number of carbonyl (C=O) groups excluding carboxylic acids is 1. The van der Waals surface area contributed by atoms with Crippen LogP contribution < -0.4 is 14.8 Å². The molecule has 0 aromatic heterocycles. The van der Waals surface area contributed by atoms with Crippen LogP contribution in [0.3, 0.4) is 0 Å². The van der Waals surface area contributed by atoms with Crippen LogP contribution in [0.25, 0.3) is 0 Å². The van der Waals surface area contributed by atoms with Gasteiger partial charge in [0.25, 0.3) is 0 Å². The lowest BCUT2D eigenvalue weighted by Crippen LogP contribution is -2.25. The Hall–Kier alpha value is -1.91. The number of hydrogen-bond donors (Lipinski definition) is 1. The zero-order valence-corrected chi connectivity index (χ0v) is 12.3. The van der Waals surface area contributed by atoms with Crippen LogP contribution in [0.4, 0.5) is 4.79 Å². The van der Waals surface area contributed by atoms with Crippen LogP contribution in [0, 0.1) is 0 Å². The molecule has 0 bridgehead atoms. The second kappa shape index (κ2) is 9.07. The molecule has 0 saturated heterocycles. The number of ether oxygens (including phenoxy) is 3. The molecule has 1 atom stereocenters. The van der Waals surface area contributed by atoms with E-state index in [4.69, 9.17) is 14.2 Å². The fourth-order valence-corrected chi connectivity index (χ4v) is 1.42. The zero-order chi connectivity index (χ0) is 14.8. The molecular weight excluding hydrogens is 258 g/mol. The van der Waals surface area contributed by atoms with Gasteiger partial charge in [0.1, 0.15) is 24.7 Å². The second-order valence-electron chi connectivity index (χ2n) is 4.32. The molecule has 1 aromatic rings. The minimum Gasteiger partial charge on any atom is -0.491 e. The Kier molecular flexibility index (Phi) is 7.32. The highest BCUT2D eigenvalue weighted by Gasteiger charge is 2.02. The van der Waals surface area contributed by atoms with Crippen molar-refractivity contribution in [2.45, 2.75) is 33.3 Å². The minimum absolute atomic E-state index is 0.201. The Morgan fingerprint density at radius 3 is 2.40 bits per heavy atom. The standard InChI is InChI=1S/C15H23NO4/c1-4-12(3)20-14-8-6-13(7-9-14)18-10-11-19-15(17)16-5-2/h6-9,12H,4-5,10-11H2,1-3H3,(H,16,17). The van der Waals surface area contributed by atoms with Gasteiger partial charge in [-0.15, -0.1) is 0 Å². The van der Waals surface area contributed by atoms with E-state index >= 15 is 0 Å². The molecule has 0 radical (unpaired) electrons. The molecule has 1 unspecified atom stereocenters. The summed E-state index contributed by atoms with van der Waals surface area (Å²) in [6, 6.07) is 7.41. The molecule has 1 amide bonds. The van der Waals surface area contributed by atoms with Gasteiger partial charge in [0.2, 0.25) is 0 Å². The topological polar surface area (TPSA) is 56.8 Å². The van der Waals surface area contributed by atoms with Crippen LogP contribution in [0.1, 0.15) is 27.2 Å². The highest BCUT2D eigenvalue weighted by Crippen LogP contribution is 2.19. The Labute approximate surface area is 120 Å². The quantitative estimate of drug-likeness (QED) is 0.744. The van der Waals surface area contributed by atoms with Gasteiger partial charge < -0.3 is 19.5 Å². The lowest BCUT2D eigenvalue weighted by Gasteiger charge is -2.13. The van der Waals surface area contributed by atoms with Crippen molar-refractivity contribution in [3.05, 3.63) is 24.3 Å². The third-order valence-electron chi connectivity index (χ3n) is 2.64. The van der Waals surface area contributed by atoms with Gasteiger partial charge in [-0.2, -0.15) is 0 Å². The molecule has 0 saturated carbocycles. The summed E-state index contributed by atoms with van der Waals surface area (Å²) < 4.78 is 16.0. The SMILES string of the molecule is CCNC(=O)OCCOc1ccc(OC(C)CC)cc1. The molecule has 0 heterocycles. The van der Waals surface area contributed by atoms with Crippen LogP contribution in [0.2, 0.25) is 0 Å². The van der Waals surface area contributed by atoms with Crippen molar-refractivity contribution < 1.29 is 19.0 Å². The number of hydrogen-bond acceptors (Lipinski definition) is 4. The van der Waals surface area contributed by atoms with E-state index in [0.29, 0.717) is 13.2 Å². The first kappa shape index (κ1) is 16.1. The van der Waals surface area contributed by atoms with Crippen molar-refractivity contribution >= 4 is 6.09 Å². The Morgan fingerprint density at radius 2 is 1.80 bits per heavy atom. The number of nitrogens with one attached hydrogen (secondary N) is 1. The molecule has 0 spiro atoms. The zero-order valence-electron chi connectivity index (χ0n) is 12.3. The van der Waals surface area contributed by atoms with E-state index in [2.05, 4.69) is 12.2 Å². The first-order valence-electron chi connectivity index (χ1n) is 6.95. The van der Waals surface area contributed by atoms with E-state index < -0.39 is 6.09 Å². The van der Waals surface area contributed by atoms with Gasteiger partial charge in [-0.05, 0) is 44.5 Å². The molecular formula is C15H23NO4. The van der Waals surface area contributed by atoms with Gasteiger partial charge in [0.05, 0.1) is 6.10 Å². The molecule has 112 valence electrons. The predicted octanol–water partition coefficient (Wildman–Crippen LogP) is 2.99. The Morgan fingerprint density at radius 1 is 1.15 bits per heavy atom. The van der Waals surface area contributed by atoms with E-state index in [1.165, 1.54) is 0 Å². The van der Waals surface area contributed by atoms with E-state index in [1.807, 2.05) is 38.1 Å². The van der Waals surface area contributed by atoms with E-state index in [9.17, 15) is 4.79 Å². The number of amides is 1. The largest absolute Gasteiger partial charge is 0.491 e. The van der Waals surface area contributed by atoms with Gasteiger partial charge in [-0.1, -0.05) is 6.92 Å². The van der Waals surface area contributed by atoms with Crippen LogP contribution in [0.5, 0.6) is 11.5 Å². The smallest absolute Gasteiger partial charge is 0.407 e. The average Bonchev–Trinajstić information content (AvgIpc) is 2.45. The highest BCUT2D eigenvalue weighted by molar-refractivity contribution is 5.66. The number of rotatable bonds is 8. The summed E-state index contributed by atoms with van der Waals surface area (Å²) in [6.45, 7) is 7.04. The Balaban J connectivity index is 2.26. The summed E-state index contributed by atoms with van der Waals surface area (Å²) in [5.41, 5.74) is 0. The molecule has 0 aliphatic rings. The minimum atomic E-state index is -0.423. The van der Waals surface area contributed by atoms with Gasteiger partial charge in [0, 0.05) is 6.54 Å². The molecule has 20 heavy (non-hydrogen) atoms. The predicted molar refractivity (Wildman–Crippen MR) is 77.3 cm³/mol. The average molecular weight is 281 g/mol. The van der Waals surface area contributed by atoms with Crippen LogP contribution >= 0.6 is 0 Å². The fourth-order valence-electron chi connectivity index (χ4n) is 1.42. The summed E-state index contributed by atoms with van der Waals surface area (Å²) in [5.74, 6) is 1.55. The maximum absolute atomic E-state index is 11.0. The molecule has 0 aliphatic heterocycles. The van der Waals surface area contributed by atoms with Crippen molar-refractivity contribution in [1.82, 2.24) is 5.32 Å². The van der Waals surface area contributed by atoms with Gasteiger partial charge >= 0.3 is 6.09 Å². The summed E-state index contributed by atoms with van der Waals surface area (Å²) in [7, 11) is 0. The van der Waals surface area contributed by atoms with Crippen molar-refractivity contribution in [3.63, 3.8) is 0 Å². The second-order valence-corrected chi connectivity index (χ2v) is 4.32. The normalized spacial score (nSPS) is 11.6. The summed E-state index contributed by atoms with van der Waals surface area (Å²) >= 11 is 0. The summed E-state index contributed by atoms with van der Waals surface area (Å²) in [4.78, 5) is 11.0. The number of carbonyl (C=O) groups is 1. The van der Waals surface area contributed by atoms with Crippen molar-refractivity contribution in [2.24, 2.45) is 0 Å². The van der Waals surface area contributed by atoms with Crippen LogP contribution in [0.15, 0.2) is 24.3 Å². The number of alkyl carbamates (subject to hydrolysis) is 1. The van der Waals surface area contributed by atoms with Gasteiger partial charge in [-0.3, -0.25) is 0 Å². The third-order valence-corrected chi connectivity index (χ3v) is 2.64.